The number of hydrogen-bond donors (Lipinski definition) is 0. The Labute approximate surface area is 140 Å². The molecule has 1 fully saturated rings. The van der Waals surface area contributed by atoms with Crippen molar-refractivity contribution in [3.8, 4) is 21.6 Å². The van der Waals surface area contributed by atoms with Crippen molar-refractivity contribution >= 4 is 11.3 Å². The number of hydrogen-bond acceptors (Lipinski definition) is 1. The van der Waals surface area contributed by atoms with Crippen LogP contribution in [0.5, 0.6) is 0 Å². The lowest BCUT2D eigenvalue weighted by Gasteiger charge is -2.06. The summed E-state index contributed by atoms with van der Waals surface area (Å²) in [4.78, 5) is 2.44. The van der Waals surface area contributed by atoms with Crippen LogP contribution in [0.1, 0.15) is 36.1 Å². The molecule has 0 aliphatic heterocycles. The van der Waals surface area contributed by atoms with Crippen LogP contribution in [-0.4, -0.2) is 0 Å². The highest BCUT2D eigenvalue weighted by Gasteiger charge is 2.25. The highest BCUT2D eigenvalue weighted by Crippen LogP contribution is 2.45. The highest BCUT2D eigenvalue weighted by molar-refractivity contribution is 7.15. The summed E-state index contributed by atoms with van der Waals surface area (Å²) in [6.07, 6.45) is 3.60. The van der Waals surface area contributed by atoms with E-state index in [0.717, 1.165) is 33.9 Å². The summed E-state index contributed by atoms with van der Waals surface area (Å²) in [6, 6.07) is 18.2. The Morgan fingerprint density at radius 3 is 2.35 bits per heavy atom. The van der Waals surface area contributed by atoms with E-state index in [1.165, 1.54) is 23.3 Å². The van der Waals surface area contributed by atoms with Crippen molar-refractivity contribution in [3.05, 3.63) is 70.9 Å². The second kappa shape index (κ2) is 5.93. The molecule has 2 aromatic carbocycles. The van der Waals surface area contributed by atoms with Crippen LogP contribution in [0.3, 0.4) is 0 Å². The lowest BCUT2D eigenvalue weighted by molar-refractivity contribution is 0.632. The number of halogens is 1. The van der Waals surface area contributed by atoms with Gasteiger partial charge in [0.25, 0.3) is 0 Å². The first kappa shape index (κ1) is 14.6. The molecule has 4 rings (SSSR count). The number of thiophene rings is 1. The zero-order valence-corrected chi connectivity index (χ0v) is 14.0. The van der Waals surface area contributed by atoms with Crippen LogP contribution in [0.25, 0.3) is 21.6 Å². The third-order valence-corrected chi connectivity index (χ3v) is 5.82. The molecule has 1 heterocycles. The predicted molar refractivity (Wildman–Crippen MR) is 96.5 cm³/mol. The topological polar surface area (TPSA) is 0 Å². The minimum atomic E-state index is -0.133. The predicted octanol–water partition coefficient (Wildman–Crippen LogP) is 6.66. The Hall–Kier alpha value is -1.93. The molecule has 0 bridgehead atoms. The van der Waals surface area contributed by atoms with Crippen molar-refractivity contribution in [2.45, 2.75) is 32.1 Å². The molecule has 2 heteroatoms. The van der Waals surface area contributed by atoms with Crippen molar-refractivity contribution in [2.75, 3.05) is 0 Å². The molecule has 0 unspecified atom stereocenters. The highest BCUT2D eigenvalue weighted by atomic mass is 32.1. The quantitative estimate of drug-likeness (QED) is 0.504. The van der Waals surface area contributed by atoms with Gasteiger partial charge in [-0.05, 0) is 66.1 Å². The molecule has 3 aromatic rings. The molecule has 23 heavy (non-hydrogen) atoms. The second-order valence-corrected chi connectivity index (χ2v) is 7.34. The van der Waals surface area contributed by atoms with Gasteiger partial charge in [-0.3, -0.25) is 0 Å². The molecule has 0 radical (unpaired) electrons. The largest absolute Gasteiger partial charge is 0.206 e. The van der Waals surface area contributed by atoms with Crippen molar-refractivity contribution in [1.29, 1.82) is 0 Å². The second-order valence-electron chi connectivity index (χ2n) is 6.22. The molecule has 0 saturated heterocycles. The van der Waals surface area contributed by atoms with Gasteiger partial charge in [0, 0.05) is 15.3 Å². The summed E-state index contributed by atoms with van der Waals surface area (Å²) >= 11 is 1.74. The summed E-state index contributed by atoms with van der Waals surface area (Å²) in [5.74, 6) is 0.597. The van der Waals surface area contributed by atoms with E-state index in [-0.39, 0.29) is 5.82 Å². The Balaban J connectivity index is 1.64. The first-order chi connectivity index (χ1) is 11.2. The van der Waals surface area contributed by atoms with Gasteiger partial charge in [0.05, 0.1) is 0 Å². The van der Waals surface area contributed by atoms with Gasteiger partial charge >= 0.3 is 0 Å². The van der Waals surface area contributed by atoms with E-state index in [0.29, 0.717) is 0 Å². The van der Waals surface area contributed by atoms with Crippen molar-refractivity contribution < 1.29 is 4.39 Å². The average Bonchev–Trinajstić information content (AvgIpc) is 3.33. The SMILES string of the molecule is CCc1ccc(-c2ccc(-c3ccc(C4CC4)s3)c(F)c2)cc1. The third kappa shape index (κ3) is 2.96. The monoisotopic (exact) mass is 322 g/mol. The Morgan fingerprint density at radius 2 is 1.70 bits per heavy atom. The van der Waals surface area contributed by atoms with Crippen LogP contribution >= 0.6 is 11.3 Å². The van der Waals surface area contributed by atoms with Crippen molar-refractivity contribution in [3.63, 3.8) is 0 Å². The molecule has 0 atom stereocenters. The van der Waals surface area contributed by atoms with E-state index >= 15 is 0 Å². The summed E-state index contributed by atoms with van der Waals surface area (Å²) in [6.45, 7) is 2.14. The van der Waals surface area contributed by atoms with Gasteiger partial charge < -0.3 is 0 Å². The fourth-order valence-corrected chi connectivity index (χ4v) is 4.12. The summed E-state index contributed by atoms with van der Waals surface area (Å²) in [5, 5.41) is 0. The van der Waals surface area contributed by atoms with Gasteiger partial charge in [-0.1, -0.05) is 37.3 Å². The minimum Gasteiger partial charge on any atom is -0.206 e. The molecule has 1 aliphatic carbocycles. The maximum atomic E-state index is 14.6. The summed E-state index contributed by atoms with van der Waals surface area (Å²) in [7, 11) is 0. The zero-order valence-electron chi connectivity index (χ0n) is 13.2. The van der Waals surface area contributed by atoms with Crippen LogP contribution in [0.2, 0.25) is 0 Å². The van der Waals surface area contributed by atoms with Crippen LogP contribution < -0.4 is 0 Å². The maximum absolute atomic E-state index is 14.6. The standard InChI is InChI=1S/C21H19FS/c1-2-14-3-5-15(6-4-14)17-9-10-18(19(22)13-17)21-12-11-20(23-21)16-7-8-16/h3-6,9-13,16H,2,7-8H2,1H3. The normalized spacial score (nSPS) is 14.2. The van der Waals surface area contributed by atoms with E-state index in [4.69, 9.17) is 0 Å². The lowest BCUT2D eigenvalue weighted by atomic mass is 10.0. The smallest absolute Gasteiger partial charge is 0.132 e. The average molecular weight is 322 g/mol. The van der Waals surface area contributed by atoms with E-state index in [1.54, 1.807) is 17.4 Å². The Morgan fingerprint density at radius 1 is 0.957 bits per heavy atom. The van der Waals surface area contributed by atoms with Crippen LogP contribution in [-0.2, 0) is 6.42 Å². The fraction of sp³-hybridized carbons (Fsp3) is 0.238. The van der Waals surface area contributed by atoms with E-state index < -0.39 is 0 Å². The molecule has 0 amide bonds. The van der Waals surface area contributed by atoms with Crippen LogP contribution in [0.15, 0.2) is 54.6 Å². The van der Waals surface area contributed by atoms with Crippen LogP contribution in [0, 0.1) is 5.82 Å². The maximum Gasteiger partial charge on any atom is 0.132 e. The molecule has 1 saturated carbocycles. The van der Waals surface area contributed by atoms with Gasteiger partial charge in [0.1, 0.15) is 5.82 Å². The zero-order chi connectivity index (χ0) is 15.8. The van der Waals surface area contributed by atoms with Gasteiger partial charge in [-0.25, -0.2) is 4.39 Å². The first-order valence-corrected chi connectivity index (χ1v) is 9.05. The Bertz CT molecular complexity index is 825. The molecule has 0 nitrogen and oxygen atoms in total. The number of benzene rings is 2. The molecule has 116 valence electrons. The molecule has 0 spiro atoms. The fourth-order valence-electron chi connectivity index (χ4n) is 2.91. The number of aryl methyl sites for hydroxylation is 1. The van der Waals surface area contributed by atoms with Gasteiger partial charge in [0.15, 0.2) is 0 Å². The van der Waals surface area contributed by atoms with E-state index in [1.807, 2.05) is 12.1 Å². The third-order valence-electron chi connectivity index (χ3n) is 4.54. The molecule has 1 aliphatic rings. The molecule has 1 aromatic heterocycles. The lowest BCUT2D eigenvalue weighted by Crippen LogP contribution is -1.86. The van der Waals surface area contributed by atoms with Gasteiger partial charge in [-0.2, -0.15) is 0 Å². The van der Waals surface area contributed by atoms with E-state index in [2.05, 4.69) is 43.3 Å². The van der Waals surface area contributed by atoms with Crippen LogP contribution in [0.4, 0.5) is 4.39 Å². The van der Waals surface area contributed by atoms with Crippen molar-refractivity contribution in [2.24, 2.45) is 0 Å². The van der Waals surface area contributed by atoms with E-state index in [9.17, 15) is 4.39 Å². The Kier molecular flexibility index (Phi) is 3.78. The van der Waals surface area contributed by atoms with Gasteiger partial charge in [-0.15, -0.1) is 11.3 Å². The molecular weight excluding hydrogens is 303 g/mol. The summed E-state index contributed by atoms with van der Waals surface area (Å²) in [5.41, 5.74) is 4.03. The molecular formula is C21H19FS. The minimum absolute atomic E-state index is 0.133. The first-order valence-electron chi connectivity index (χ1n) is 8.23. The molecule has 0 N–H and O–H groups in total. The number of rotatable bonds is 4. The summed E-state index contributed by atoms with van der Waals surface area (Å²) < 4.78 is 14.6. The van der Waals surface area contributed by atoms with Crippen molar-refractivity contribution in [1.82, 2.24) is 0 Å². The van der Waals surface area contributed by atoms with Gasteiger partial charge in [0.2, 0.25) is 0 Å².